The fraction of sp³-hybridized carbons (Fsp3) is 0.545. The molecule has 0 amide bonds. The predicted octanol–water partition coefficient (Wildman–Crippen LogP) is 1.43. The molecule has 0 heterocycles. The summed E-state index contributed by atoms with van der Waals surface area (Å²) in [6.45, 7) is 5.73. The lowest BCUT2D eigenvalue weighted by Gasteiger charge is -2.25. The van der Waals surface area contributed by atoms with Crippen molar-refractivity contribution in [1.29, 1.82) is 0 Å². The Morgan fingerprint density at radius 3 is 2.79 bits per heavy atom. The van der Waals surface area contributed by atoms with Crippen molar-refractivity contribution in [3.05, 3.63) is 23.8 Å². The van der Waals surface area contributed by atoms with Crippen LogP contribution in [0.3, 0.4) is 0 Å². The van der Waals surface area contributed by atoms with Crippen LogP contribution in [0.1, 0.15) is 19.8 Å². The first-order valence-electron chi connectivity index (χ1n) is 4.69. The van der Waals surface area contributed by atoms with E-state index in [2.05, 4.69) is 11.3 Å². The van der Waals surface area contributed by atoms with E-state index in [4.69, 9.17) is 0 Å². The molecule has 78 valence electrons. The molecule has 0 aliphatic heterocycles. The van der Waals surface area contributed by atoms with Crippen molar-refractivity contribution in [1.82, 2.24) is 0 Å². The molecule has 14 heavy (non-hydrogen) atoms. The van der Waals surface area contributed by atoms with E-state index in [0.29, 0.717) is 12.0 Å². The van der Waals surface area contributed by atoms with Crippen molar-refractivity contribution < 1.29 is 14.6 Å². The molecule has 0 fully saturated rings. The third-order valence-corrected chi connectivity index (χ3v) is 2.51. The molecule has 0 saturated carbocycles. The van der Waals surface area contributed by atoms with Gasteiger partial charge in [-0.05, 0) is 25.8 Å². The van der Waals surface area contributed by atoms with E-state index < -0.39 is 6.10 Å². The van der Waals surface area contributed by atoms with Crippen molar-refractivity contribution >= 4 is 5.97 Å². The van der Waals surface area contributed by atoms with Gasteiger partial charge >= 0.3 is 5.97 Å². The first-order chi connectivity index (χ1) is 6.56. The van der Waals surface area contributed by atoms with Crippen molar-refractivity contribution in [3.63, 3.8) is 0 Å². The van der Waals surface area contributed by atoms with Gasteiger partial charge in [0.2, 0.25) is 0 Å². The van der Waals surface area contributed by atoms with Crippen LogP contribution in [0.4, 0.5) is 0 Å². The largest absolute Gasteiger partial charge is 0.466 e. The van der Waals surface area contributed by atoms with Crippen LogP contribution in [-0.2, 0) is 9.53 Å². The molecule has 1 aliphatic rings. The normalized spacial score (nSPS) is 26.6. The molecular weight excluding hydrogens is 180 g/mol. The number of aliphatic hydroxyl groups excluding tert-OH is 1. The van der Waals surface area contributed by atoms with Crippen molar-refractivity contribution in [3.8, 4) is 0 Å². The molecule has 0 bridgehead atoms. The number of esters is 1. The van der Waals surface area contributed by atoms with Gasteiger partial charge in [-0.3, -0.25) is 0 Å². The van der Waals surface area contributed by atoms with Crippen LogP contribution in [0, 0.1) is 5.92 Å². The molecule has 0 saturated heterocycles. The molecular formula is C11H16O3. The number of allylic oxidation sites excluding steroid dienone is 1. The zero-order chi connectivity index (χ0) is 10.7. The molecule has 0 aromatic heterocycles. The highest BCUT2D eigenvalue weighted by atomic mass is 16.5. The van der Waals surface area contributed by atoms with Crippen LogP contribution in [0.5, 0.6) is 0 Å². The molecule has 0 aromatic rings. The Morgan fingerprint density at radius 2 is 2.29 bits per heavy atom. The fourth-order valence-electron chi connectivity index (χ4n) is 1.74. The SMILES string of the molecule is C=C(C)[C@H]1CCC(O)C=C1C(=O)OC. The summed E-state index contributed by atoms with van der Waals surface area (Å²) >= 11 is 0. The number of methoxy groups -OCH3 is 1. The highest BCUT2D eigenvalue weighted by Crippen LogP contribution is 2.30. The second kappa shape index (κ2) is 4.42. The average molecular weight is 196 g/mol. The zero-order valence-electron chi connectivity index (χ0n) is 8.62. The molecule has 1 aliphatic carbocycles. The Kier molecular flexibility index (Phi) is 3.47. The molecule has 1 rings (SSSR count). The number of aliphatic hydroxyl groups is 1. The van der Waals surface area contributed by atoms with E-state index in [9.17, 15) is 9.90 Å². The molecule has 0 aromatic carbocycles. The van der Waals surface area contributed by atoms with Crippen molar-refractivity contribution in [2.75, 3.05) is 7.11 Å². The first-order valence-corrected chi connectivity index (χ1v) is 4.69. The molecule has 3 heteroatoms. The third kappa shape index (κ3) is 2.23. The lowest BCUT2D eigenvalue weighted by atomic mass is 9.82. The van der Waals surface area contributed by atoms with Gasteiger partial charge in [-0.2, -0.15) is 0 Å². The molecule has 0 spiro atoms. The first kappa shape index (κ1) is 11.0. The van der Waals surface area contributed by atoms with E-state index in [0.717, 1.165) is 12.0 Å². The second-order valence-corrected chi connectivity index (χ2v) is 3.66. The van der Waals surface area contributed by atoms with Gasteiger partial charge < -0.3 is 9.84 Å². The number of ether oxygens (including phenoxy) is 1. The summed E-state index contributed by atoms with van der Waals surface area (Å²) in [6, 6.07) is 0. The fourth-order valence-corrected chi connectivity index (χ4v) is 1.74. The van der Waals surface area contributed by atoms with Crippen LogP contribution in [-0.4, -0.2) is 24.3 Å². The Morgan fingerprint density at radius 1 is 1.64 bits per heavy atom. The van der Waals surface area contributed by atoms with Gasteiger partial charge in [0, 0.05) is 11.5 Å². The van der Waals surface area contributed by atoms with E-state index in [-0.39, 0.29) is 11.9 Å². The minimum absolute atomic E-state index is 0.0332. The number of hydrogen-bond acceptors (Lipinski definition) is 3. The van der Waals surface area contributed by atoms with Gasteiger partial charge in [0.1, 0.15) is 0 Å². The van der Waals surface area contributed by atoms with Crippen LogP contribution in [0.25, 0.3) is 0 Å². The molecule has 1 unspecified atom stereocenters. The van der Waals surface area contributed by atoms with Crippen molar-refractivity contribution in [2.45, 2.75) is 25.9 Å². The monoisotopic (exact) mass is 196 g/mol. The number of carbonyl (C=O) groups is 1. The number of rotatable bonds is 2. The van der Waals surface area contributed by atoms with Gasteiger partial charge in [-0.25, -0.2) is 4.79 Å². The average Bonchev–Trinajstić information content (AvgIpc) is 2.16. The summed E-state index contributed by atoms with van der Waals surface area (Å²) in [6.07, 6.45) is 2.49. The van der Waals surface area contributed by atoms with Gasteiger partial charge in [0.25, 0.3) is 0 Å². The Labute approximate surface area is 84.1 Å². The van der Waals surface area contributed by atoms with Gasteiger partial charge in [-0.15, -0.1) is 0 Å². The highest BCUT2D eigenvalue weighted by Gasteiger charge is 2.27. The predicted molar refractivity (Wildman–Crippen MR) is 53.6 cm³/mol. The van der Waals surface area contributed by atoms with Gasteiger partial charge in [0.15, 0.2) is 0 Å². The molecule has 0 radical (unpaired) electrons. The molecule has 1 N–H and O–H groups in total. The summed E-state index contributed by atoms with van der Waals surface area (Å²) in [7, 11) is 1.35. The zero-order valence-corrected chi connectivity index (χ0v) is 8.62. The standard InChI is InChI=1S/C11H16O3/c1-7(2)9-5-4-8(12)6-10(9)11(13)14-3/h6,8-9,12H,1,4-5H2,2-3H3/t8?,9-/m1/s1. The maximum atomic E-state index is 11.4. The van der Waals surface area contributed by atoms with Crippen LogP contribution < -0.4 is 0 Å². The topological polar surface area (TPSA) is 46.5 Å². The molecule has 2 atom stereocenters. The molecule has 3 nitrogen and oxygen atoms in total. The van der Waals surface area contributed by atoms with E-state index in [1.54, 1.807) is 6.08 Å². The van der Waals surface area contributed by atoms with Gasteiger partial charge in [0.05, 0.1) is 13.2 Å². The quantitative estimate of drug-likeness (QED) is 0.537. The summed E-state index contributed by atoms with van der Waals surface area (Å²) in [4.78, 5) is 11.4. The highest BCUT2D eigenvalue weighted by molar-refractivity contribution is 5.89. The Balaban J connectivity index is 2.92. The maximum absolute atomic E-state index is 11.4. The summed E-state index contributed by atoms with van der Waals surface area (Å²) < 4.78 is 4.66. The van der Waals surface area contributed by atoms with Crippen molar-refractivity contribution in [2.24, 2.45) is 5.92 Å². The minimum Gasteiger partial charge on any atom is -0.466 e. The summed E-state index contributed by atoms with van der Waals surface area (Å²) in [5.74, 6) is -0.331. The second-order valence-electron chi connectivity index (χ2n) is 3.66. The van der Waals surface area contributed by atoms with E-state index in [1.807, 2.05) is 6.92 Å². The lowest BCUT2D eigenvalue weighted by molar-refractivity contribution is -0.136. The van der Waals surface area contributed by atoms with Gasteiger partial charge in [-0.1, -0.05) is 12.2 Å². The number of carbonyl (C=O) groups excluding carboxylic acids is 1. The Hall–Kier alpha value is -1.09. The summed E-state index contributed by atoms with van der Waals surface area (Å²) in [5, 5.41) is 9.41. The third-order valence-electron chi connectivity index (χ3n) is 2.51. The van der Waals surface area contributed by atoms with Crippen LogP contribution in [0.15, 0.2) is 23.8 Å². The number of hydrogen-bond donors (Lipinski definition) is 1. The van der Waals surface area contributed by atoms with Crippen LogP contribution in [0.2, 0.25) is 0 Å². The minimum atomic E-state index is -0.528. The van der Waals surface area contributed by atoms with E-state index >= 15 is 0 Å². The smallest absolute Gasteiger partial charge is 0.334 e. The van der Waals surface area contributed by atoms with Crippen LogP contribution >= 0.6 is 0 Å². The lowest BCUT2D eigenvalue weighted by Crippen LogP contribution is -2.23. The van der Waals surface area contributed by atoms with E-state index in [1.165, 1.54) is 7.11 Å². The summed E-state index contributed by atoms with van der Waals surface area (Å²) in [5.41, 5.74) is 1.48. The maximum Gasteiger partial charge on any atom is 0.334 e. The Bertz CT molecular complexity index is 278.